The third kappa shape index (κ3) is 2.30. The molecule has 66 valence electrons. The first-order valence-corrected chi connectivity index (χ1v) is 4.56. The molecule has 0 aliphatic rings. The maximum Gasteiger partial charge on any atom is 0.303 e. The van der Waals surface area contributed by atoms with Crippen LogP contribution in [0.5, 0.6) is 0 Å². The second kappa shape index (κ2) is 3.67. The standard InChI is InChI=1S/C8H11NO2S/c1-5-6(2)12-7(9-5)3-4-8(10)11/h3-4H2,1-2H3,(H,10,11). The summed E-state index contributed by atoms with van der Waals surface area (Å²) in [6, 6.07) is 0. The highest BCUT2D eigenvalue weighted by molar-refractivity contribution is 7.11. The van der Waals surface area contributed by atoms with Gasteiger partial charge in [0.25, 0.3) is 0 Å². The van der Waals surface area contributed by atoms with Crippen molar-refractivity contribution in [3.8, 4) is 0 Å². The maximum atomic E-state index is 10.2. The van der Waals surface area contributed by atoms with Gasteiger partial charge in [0.1, 0.15) is 0 Å². The zero-order valence-corrected chi connectivity index (χ0v) is 7.94. The molecule has 1 heterocycles. The molecule has 1 aromatic rings. The summed E-state index contributed by atoms with van der Waals surface area (Å²) in [6.07, 6.45) is 0.723. The lowest BCUT2D eigenvalue weighted by atomic mass is 10.3. The fraction of sp³-hybridized carbons (Fsp3) is 0.500. The van der Waals surface area contributed by atoms with E-state index < -0.39 is 5.97 Å². The molecule has 0 saturated carbocycles. The van der Waals surface area contributed by atoms with E-state index in [1.54, 1.807) is 11.3 Å². The van der Waals surface area contributed by atoms with Gasteiger partial charge in [0.15, 0.2) is 0 Å². The molecule has 0 aromatic carbocycles. The zero-order valence-electron chi connectivity index (χ0n) is 7.13. The van der Waals surface area contributed by atoms with Gasteiger partial charge in [-0.15, -0.1) is 11.3 Å². The van der Waals surface area contributed by atoms with Gasteiger partial charge in [-0.2, -0.15) is 0 Å². The number of carbonyl (C=O) groups is 1. The molecule has 1 aromatic heterocycles. The average Bonchev–Trinajstić information content (AvgIpc) is 2.28. The van der Waals surface area contributed by atoms with Crippen LogP contribution in [0.4, 0.5) is 0 Å². The van der Waals surface area contributed by atoms with Crippen LogP contribution in [0.15, 0.2) is 0 Å². The van der Waals surface area contributed by atoms with Crippen LogP contribution < -0.4 is 0 Å². The second-order valence-corrected chi connectivity index (χ2v) is 3.93. The third-order valence-electron chi connectivity index (χ3n) is 1.63. The highest BCUT2D eigenvalue weighted by Gasteiger charge is 2.05. The van der Waals surface area contributed by atoms with E-state index in [0.717, 1.165) is 10.7 Å². The van der Waals surface area contributed by atoms with E-state index in [-0.39, 0.29) is 6.42 Å². The highest BCUT2D eigenvalue weighted by atomic mass is 32.1. The van der Waals surface area contributed by atoms with Gasteiger partial charge >= 0.3 is 5.97 Å². The number of aliphatic carboxylic acids is 1. The molecule has 0 saturated heterocycles. The molecular formula is C8H11NO2S. The number of aryl methyl sites for hydroxylation is 3. The Morgan fingerprint density at radius 1 is 1.58 bits per heavy atom. The molecule has 1 rings (SSSR count). The topological polar surface area (TPSA) is 50.2 Å². The van der Waals surface area contributed by atoms with Crippen LogP contribution in [0.25, 0.3) is 0 Å². The molecular weight excluding hydrogens is 174 g/mol. The van der Waals surface area contributed by atoms with Gasteiger partial charge in [-0.05, 0) is 13.8 Å². The van der Waals surface area contributed by atoms with Crippen LogP contribution in [0.3, 0.4) is 0 Å². The molecule has 0 aliphatic carbocycles. The quantitative estimate of drug-likeness (QED) is 0.780. The van der Waals surface area contributed by atoms with Gasteiger partial charge in [0.05, 0.1) is 17.1 Å². The Morgan fingerprint density at radius 2 is 2.25 bits per heavy atom. The van der Waals surface area contributed by atoms with E-state index in [4.69, 9.17) is 5.11 Å². The average molecular weight is 185 g/mol. The third-order valence-corrected chi connectivity index (χ3v) is 2.76. The largest absolute Gasteiger partial charge is 0.481 e. The predicted octanol–water partition coefficient (Wildman–Crippen LogP) is 1.78. The molecule has 0 unspecified atom stereocenters. The molecule has 3 nitrogen and oxygen atoms in total. The monoisotopic (exact) mass is 185 g/mol. The molecule has 0 bridgehead atoms. The lowest BCUT2D eigenvalue weighted by Gasteiger charge is -1.89. The zero-order chi connectivity index (χ0) is 9.14. The number of nitrogens with zero attached hydrogens (tertiary/aromatic N) is 1. The minimum absolute atomic E-state index is 0.173. The van der Waals surface area contributed by atoms with Crippen molar-refractivity contribution in [1.82, 2.24) is 4.98 Å². The van der Waals surface area contributed by atoms with E-state index in [2.05, 4.69) is 4.98 Å². The Morgan fingerprint density at radius 3 is 2.67 bits per heavy atom. The van der Waals surface area contributed by atoms with Crippen molar-refractivity contribution in [2.75, 3.05) is 0 Å². The number of rotatable bonds is 3. The molecule has 0 spiro atoms. The summed E-state index contributed by atoms with van der Waals surface area (Å²) in [5.74, 6) is -0.763. The van der Waals surface area contributed by atoms with Crippen molar-refractivity contribution < 1.29 is 9.90 Å². The van der Waals surface area contributed by atoms with Crippen LogP contribution >= 0.6 is 11.3 Å². The number of carboxylic acid groups (broad SMARTS) is 1. The summed E-state index contributed by atoms with van der Waals surface area (Å²) in [6.45, 7) is 3.94. The Hall–Kier alpha value is -0.900. The minimum atomic E-state index is -0.763. The lowest BCUT2D eigenvalue weighted by molar-refractivity contribution is -0.136. The predicted molar refractivity (Wildman–Crippen MR) is 47.5 cm³/mol. The number of aromatic nitrogens is 1. The van der Waals surface area contributed by atoms with Crippen molar-refractivity contribution in [3.05, 3.63) is 15.6 Å². The van der Waals surface area contributed by atoms with Gasteiger partial charge < -0.3 is 5.11 Å². The Labute approximate surface area is 75.1 Å². The van der Waals surface area contributed by atoms with Crippen LogP contribution in [-0.2, 0) is 11.2 Å². The number of hydrogen-bond donors (Lipinski definition) is 1. The highest BCUT2D eigenvalue weighted by Crippen LogP contribution is 2.17. The summed E-state index contributed by atoms with van der Waals surface area (Å²) in [4.78, 5) is 15.7. The second-order valence-electron chi connectivity index (χ2n) is 2.64. The van der Waals surface area contributed by atoms with Gasteiger partial charge in [-0.25, -0.2) is 4.98 Å². The number of hydrogen-bond acceptors (Lipinski definition) is 3. The van der Waals surface area contributed by atoms with Gasteiger partial charge in [-0.1, -0.05) is 0 Å². The Balaban J connectivity index is 2.58. The molecule has 0 atom stereocenters. The van der Waals surface area contributed by atoms with E-state index in [1.165, 1.54) is 4.88 Å². The van der Waals surface area contributed by atoms with E-state index in [9.17, 15) is 4.79 Å². The molecule has 12 heavy (non-hydrogen) atoms. The van der Waals surface area contributed by atoms with Crippen LogP contribution in [0.1, 0.15) is 22.0 Å². The van der Waals surface area contributed by atoms with Crippen molar-refractivity contribution in [2.45, 2.75) is 26.7 Å². The number of thiazole rings is 1. The van der Waals surface area contributed by atoms with Crippen molar-refractivity contribution in [3.63, 3.8) is 0 Å². The van der Waals surface area contributed by atoms with Crippen molar-refractivity contribution in [1.29, 1.82) is 0 Å². The van der Waals surface area contributed by atoms with Gasteiger partial charge in [0, 0.05) is 11.3 Å². The lowest BCUT2D eigenvalue weighted by Crippen LogP contribution is -1.96. The molecule has 0 radical (unpaired) electrons. The van der Waals surface area contributed by atoms with E-state index in [1.807, 2.05) is 13.8 Å². The first-order valence-electron chi connectivity index (χ1n) is 3.74. The van der Waals surface area contributed by atoms with Crippen LogP contribution in [-0.4, -0.2) is 16.1 Å². The first kappa shape index (κ1) is 9.19. The van der Waals surface area contributed by atoms with E-state index in [0.29, 0.717) is 6.42 Å². The normalized spacial score (nSPS) is 10.2. The van der Waals surface area contributed by atoms with E-state index >= 15 is 0 Å². The SMILES string of the molecule is Cc1nc(CCC(=O)O)sc1C. The summed E-state index contributed by atoms with van der Waals surface area (Å²) in [5.41, 5.74) is 1.01. The minimum Gasteiger partial charge on any atom is -0.481 e. The summed E-state index contributed by atoms with van der Waals surface area (Å²) >= 11 is 1.58. The first-order chi connectivity index (χ1) is 5.59. The van der Waals surface area contributed by atoms with Gasteiger partial charge in [-0.3, -0.25) is 4.79 Å². The van der Waals surface area contributed by atoms with Gasteiger partial charge in [0.2, 0.25) is 0 Å². The van der Waals surface area contributed by atoms with Crippen molar-refractivity contribution >= 4 is 17.3 Å². The summed E-state index contributed by atoms with van der Waals surface area (Å²) < 4.78 is 0. The Kier molecular flexibility index (Phi) is 2.81. The molecule has 1 N–H and O–H groups in total. The summed E-state index contributed by atoms with van der Waals surface area (Å²) in [7, 11) is 0. The van der Waals surface area contributed by atoms with Crippen molar-refractivity contribution in [2.24, 2.45) is 0 Å². The molecule has 0 amide bonds. The molecule has 0 aliphatic heterocycles. The van der Waals surface area contributed by atoms with Crippen LogP contribution in [0.2, 0.25) is 0 Å². The maximum absolute atomic E-state index is 10.2. The summed E-state index contributed by atoms with van der Waals surface area (Å²) in [5, 5.41) is 9.35. The fourth-order valence-corrected chi connectivity index (χ4v) is 1.79. The molecule has 4 heteroatoms. The smallest absolute Gasteiger partial charge is 0.303 e. The fourth-order valence-electron chi connectivity index (χ4n) is 0.860. The van der Waals surface area contributed by atoms with Crippen LogP contribution in [0, 0.1) is 13.8 Å². The molecule has 0 fully saturated rings. The Bertz CT molecular complexity index is 274. The number of carboxylic acids is 1.